The van der Waals surface area contributed by atoms with E-state index in [1.807, 2.05) is 31.1 Å². The van der Waals surface area contributed by atoms with Gasteiger partial charge in [-0.3, -0.25) is 9.59 Å². The molecule has 0 radical (unpaired) electrons. The average molecular weight is 355 g/mol. The molecule has 0 fully saturated rings. The molecule has 136 valence electrons. The summed E-state index contributed by atoms with van der Waals surface area (Å²) in [6, 6.07) is 12.5. The second-order valence-electron chi connectivity index (χ2n) is 6.07. The molecule has 7 heteroatoms. The summed E-state index contributed by atoms with van der Waals surface area (Å²) in [4.78, 5) is 26.1. The summed E-state index contributed by atoms with van der Waals surface area (Å²) >= 11 is 0. The summed E-state index contributed by atoms with van der Waals surface area (Å²) in [6.07, 6.45) is -0.274. The third-order valence-corrected chi connectivity index (χ3v) is 3.81. The fourth-order valence-electron chi connectivity index (χ4n) is 2.52. The Labute approximate surface area is 151 Å². The minimum Gasteiger partial charge on any atom is -0.486 e. The molecule has 0 saturated heterocycles. The lowest BCUT2D eigenvalue weighted by molar-refractivity contribution is -0.123. The van der Waals surface area contributed by atoms with Crippen molar-refractivity contribution < 1.29 is 19.1 Å². The maximum Gasteiger partial charge on any atom is 0.233 e. The Morgan fingerprint density at radius 2 is 1.46 bits per heavy atom. The molecule has 0 aliphatic carbocycles. The molecule has 2 aromatic carbocycles. The monoisotopic (exact) mass is 355 g/mol. The molecule has 0 bridgehead atoms. The maximum atomic E-state index is 12.1. The zero-order valence-corrected chi connectivity index (χ0v) is 14.7. The van der Waals surface area contributed by atoms with Crippen molar-refractivity contribution in [3.63, 3.8) is 0 Å². The van der Waals surface area contributed by atoms with Crippen LogP contribution in [0.15, 0.2) is 42.5 Å². The van der Waals surface area contributed by atoms with Gasteiger partial charge in [-0.2, -0.15) is 0 Å². The molecule has 0 aromatic heterocycles. The number of hydrogen-bond donors (Lipinski definition) is 2. The van der Waals surface area contributed by atoms with E-state index in [4.69, 9.17) is 9.47 Å². The van der Waals surface area contributed by atoms with Gasteiger partial charge in [-0.25, -0.2) is 0 Å². The summed E-state index contributed by atoms with van der Waals surface area (Å²) < 4.78 is 10.9. The van der Waals surface area contributed by atoms with Gasteiger partial charge >= 0.3 is 0 Å². The van der Waals surface area contributed by atoms with Gasteiger partial charge in [0.2, 0.25) is 11.8 Å². The zero-order chi connectivity index (χ0) is 18.5. The minimum absolute atomic E-state index is 0.274. The molecule has 1 heterocycles. The molecule has 1 aliphatic rings. The number of anilines is 3. The van der Waals surface area contributed by atoms with E-state index in [2.05, 4.69) is 10.6 Å². The summed E-state index contributed by atoms with van der Waals surface area (Å²) in [6.45, 7) is 0.980. The third-order valence-electron chi connectivity index (χ3n) is 3.81. The molecule has 7 nitrogen and oxygen atoms in total. The van der Waals surface area contributed by atoms with Gasteiger partial charge in [0.25, 0.3) is 0 Å². The number of fused-ring (bicyclic) bond motifs is 1. The molecule has 1 aliphatic heterocycles. The molecule has 26 heavy (non-hydrogen) atoms. The van der Waals surface area contributed by atoms with Crippen molar-refractivity contribution in [2.45, 2.75) is 6.42 Å². The van der Waals surface area contributed by atoms with Crippen LogP contribution in [0.4, 0.5) is 17.1 Å². The Bertz CT molecular complexity index is 803. The van der Waals surface area contributed by atoms with Gasteiger partial charge in [-0.05, 0) is 36.4 Å². The smallest absolute Gasteiger partial charge is 0.233 e. The lowest BCUT2D eigenvalue weighted by atomic mass is 10.2. The van der Waals surface area contributed by atoms with Gasteiger partial charge in [0.15, 0.2) is 11.5 Å². The van der Waals surface area contributed by atoms with Crippen LogP contribution in [-0.2, 0) is 9.59 Å². The predicted molar refractivity (Wildman–Crippen MR) is 100 cm³/mol. The van der Waals surface area contributed by atoms with Gasteiger partial charge < -0.3 is 25.0 Å². The Morgan fingerprint density at radius 1 is 0.885 bits per heavy atom. The van der Waals surface area contributed by atoms with Crippen molar-refractivity contribution in [3.05, 3.63) is 42.5 Å². The second-order valence-corrected chi connectivity index (χ2v) is 6.07. The van der Waals surface area contributed by atoms with E-state index in [0.29, 0.717) is 36.1 Å². The van der Waals surface area contributed by atoms with Gasteiger partial charge in [0.05, 0.1) is 0 Å². The Balaban J connectivity index is 1.53. The molecule has 3 rings (SSSR count). The van der Waals surface area contributed by atoms with E-state index in [0.717, 1.165) is 5.69 Å². The Hall–Kier alpha value is -3.22. The third kappa shape index (κ3) is 4.44. The summed E-state index contributed by atoms with van der Waals surface area (Å²) in [5.41, 5.74) is 2.23. The first kappa shape index (κ1) is 17.6. The van der Waals surface area contributed by atoms with Crippen molar-refractivity contribution >= 4 is 28.9 Å². The van der Waals surface area contributed by atoms with Crippen LogP contribution in [0.1, 0.15) is 6.42 Å². The van der Waals surface area contributed by atoms with Crippen LogP contribution in [0, 0.1) is 0 Å². The van der Waals surface area contributed by atoms with Crippen LogP contribution in [-0.4, -0.2) is 39.1 Å². The number of hydrogen-bond acceptors (Lipinski definition) is 5. The number of ether oxygens (including phenoxy) is 2. The summed E-state index contributed by atoms with van der Waals surface area (Å²) in [5.74, 6) is 0.453. The largest absolute Gasteiger partial charge is 0.486 e. The molecular formula is C19H21N3O4. The van der Waals surface area contributed by atoms with Crippen LogP contribution in [0.25, 0.3) is 0 Å². The number of rotatable bonds is 5. The van der Waals surface area contributed by atoms with E-state index >= 15 is 0 Å². The molecule has 2 N–H and O–H groups in total. The highest BCUT2D eigenvalue weighted by Crippen LogP contribution is 2.32. The first-order valence-electron chi connectivity index (χ1n) is 8.28. The summed E-state index contributed by atoms with van der Waals surface area (Å²) in [7, 11) is 3.88. The van der Waals surface area contributed by atoms with E-state index in [1.54, 1.807) is 30.3 Å². The quantitative estimate of drug-likeness (QED) is 0.806. The molecular weight excluding hydrogens is 334 g/mol. The number of amides is 2. The Morgan fingerprint density at radius 3 is 2.12 bits per heavy atom. The number of benzene rings is 2. The maximum absolute atomic E-state index is 12.1. The van der Waals surface area contributed by atoms with E-state index < -0.39 is 5.91 Å². The number of carbonyl (C=O) groups excluding carboxylic acids is 2. The minimum atomic E-state index is -0.399. The molecule has 2 amide bonds. The predicted octanol–water partition coefficient (Wildman–Crippen LogP) is 2.49. The highest BCUT2D eigenvalue weighted by atomic mass is 16.6. The highest BCUT2D eigenvalue weighted by Gasteiger charge is 2.14. The van der Waals surface area contributed by atoms with Crippen molar-refractivity contribution in [1.29, 1.82) is 0 Å². The van der Waals surface area contributed by atoms with E-state index in [-0.39, 0.29) is 12.3 Å². The normalized spacial score (nSPS) is 12.2. The Kier molecular flexibility index (Phi) is 5.26. The molecule has 0 saturated carbocycles. The van der Waals surface area contributed by atoms with Crippen molar-refractivity contribution in [2.75, 3.05) is 42.8 Å². The average Bonchev–Trinajstić information content (AvgIpc) is 2.61. The summed E-state index contributed by atoms with van der Waals surface area (Å²) in [5, 5.41) is 5.40. The van der Waals surface area contributed by atoms with E-state index in [9.17, 15) is 9.59 Å². The molecule has 0 unspecified atom stereocenters. The van der Waals surface area contributed by atoms with Crippen molar-refractivity contribution in [2.24, 2.45) is 0 Å². The van der Waals surface area contributed by atoms with Gasteiger partial charge in [-0.15, -0.1) is 0 Å². The highest BCUT2D eigenvalue weighted by molar-refractivity contribution is 6.08. The van der Waals surface area contributed by atoms with Gasteiger partial charge in [0, 0.05) is 37.2 Å². The first-order valence-corrected chi connectivity index (χ1v) is 8.28. The zero-order valence-electron chi connectivity index (χ0n) is 14.7. The first-order chi connectivity index (χ1) is 12.5. The number of nitrogens with one attached hydrogen (secondary N) is 2. The van der Waals surface area contributed by atoms with Crippen molar-refractivity contribution in [3.8, 4) is 11.5 Å². The van der Waals surface area contributed by atoms with Crippen LogP contribution in [0.2, 0.25) is 0 Å². The SMILES string of the molecule is CN(C)c1ccc(NC(=O)CC(=O)Nc2ccc3c(c2)OCCO3)cc1. The standard InChI is InChI=1S/C19H21N3O4/c1-22(2)15-6-3-13(4-7-15)20-18(23)12-19(24)21-14-5-8-16-17(11-14)26-10-9-25-16/h3-8,11H,9-10,12H2,1-2H3,(H,20,23)(H,21,24). The van der Waals surface area contributed by atoms with E-state index in [1.165, 1.54) is 0 Å². The number of nitrogens with zero attached hydrogens (tertiary/aromatic N) is 1. The fourth-order valence-corrected chi connectivity index (χ4v) is 2.52. The second kappa shape index (κ2) is 7.77. The van der Waals surface area contributed by atoms with Crippen LogP contribution < -0.4 is 25.0 Å². The van der Waals surface area contributed by atoms with Crippen LogP contribution in [0.3, 0.4) is 0 Å². The number of carbonyl (C=O) groups is 2. The topological polar surface area (TPSA) is 79.9 Å². The molecule has 2 aromatic rings. The van der Waals surface area contributed by atoms with Crippen LogP contribution in [0.5, 0.6) is 11.5 Å². The molecule has 0 spiro atoms. The molecule has 0 atom stereocenters. The lowest BCUT2D eigenvalue weighted by Crippen LogP contribution is -2.21. The van der Waals surface area contributed by atoms with Gasteiger partial charge in [0.1, 0.15) is 19.6 Å². The van der Waals surface area contributed by atoms with Gasteiger partial charge in [-0.1, -0.05) is 0 Å². The van der Waals surface area contributed by atoms with Crippen molar-refractivity contribution in [1.82, 2.24) is 0 Å². The fraction of sp³-hybridized carbons (Fsp3) is 0.263. The lowest BCUT2D eigenvalue weighted by Gasteiger charge is -2.19. The van der Waals surface area contributed by atoms with Crippen LogP contribution >= 0.6 is 0 Å².